The smallest absolute Gasteiger partial charge is 0.269 e. The van der Waals surface area contributed by atoms with Gasteiger partial charge in [-0.1, -0.05) is 12.1 Å². The van der Waals surface area contributed by atoms with Gasteiger partial charge in [0.1, 0.15) is 5.82 Å². The van der Waals surface area contributed by atoms with Crippen molar-refractivity contribution in [2.45, 2.75) is 13.0 Å². The number of benzene rings is 2. The highest BCUT2D eigenvalue weighted by Crippen LogP contribution is 2.32. The molecule has 0 saturated heterocycles. The lowest BCUT2D eigenvalue weighted by atomic mass is 10.1. The molecule has 1 atom stereocenters. The molecule has 0 radical (unpaired) electrons. The zero-order valence-electron chi connectivity index (χ0n) is 15.5. The number of rotatable bonds is 5. The number of nitro groups is 1. The van der Waals surface area contributed by atoms with E-state index < -0.39 is 22.7 Å². The molecular weight excluding hydrogens is 411 g/mol. The van der Waals surface area contributed by atoms with E-state index in [0.717, 1.165) is 5.01 Å². The number of nitrogens with zero attached hydrogens (tertiary/aromatic N) is 6. The zero-order chi connectivity index (χ0) is 21.3. The van der Waals surface area contributed by atoms with E-state index in [0.29, 0.717) is 27.8 Å². The molecule has 150 valence electrons. The third kappa shape index (κ3) is 3.82. The zero-order valence-corrected chi connectivity index (χ0v) is 16.3. The molecule has 11 heteroatoms. The van der Waals surface area contributed by atoms with Crippen LogP contribution in [0.4, 0.5) is 20.9 Å². The molecule has 2 heterocycles. The first-order valence-corrected chi connectivity index (χ1v) is 9.56. The van der Waals surface area contributed by atoms with E-state index in [1.54, 1.807) is 24.4 Å². The van der Waals surface area contributed by atoms with Crippen LogP contribution in [-0.4, -0.2) is 27.6 Å². The van der Waals surface area contributed by atoms with Crippen LogP contribution in [0.1, 0.15) is 6.92 Å². The lowest BCUT2D eigenvalue weighted by Gasteiger charge is -2.08. The van der Waals surface area contributed by atoms with Crippen LogP contribution < -0.4 is 5.01 Å². The number of hydrazone groups is 1. The van der Waals surface area contributed by atoms with E-state index in [9.17, 15) is 19.3 Å². The Balaban J connectivity index is 1.54. The number of non-ortho nitro benzene ring substituents is 1. The maximum absolute atomic E-state index is 13.0. The Morgan fingerprint density at radius 3 is 2.73 bits per heavy atom. The molecule has 1 unspecified atom stereocenters. The Hall–Kier alpha value is -3.86. The molecule has 0 spiro atoms. The van der Waals surface area contributed by atoms with Crippen LogP contribution in [0.15, 0.2) is 69.2 Å². The average molecular weight is 424 g/mol. The number of halogens is 1. The molecule has 1 amide bonds. The van der Waals surface area contributed by atoms with E-state index in [1.807, 2.05) is 0 Å². The topological polar surface area (TPSA) is 113 Å². The molecule has 0 bridgehead atoms. The number of aromatic nitrogens is 1. The van der Waals surface area contributed by atoms with Crippen molar-refractivity contribution in [3.63, 3.8) is 0 Å². The summed E-state index contributed by atoms with van der Waals surface area (Å²) < 4.78 is 13.0. The van der Waals surface area contributed by atoms with Crippen molar-refractivity contribution in [2.24, 2.45) is 15.3 Å². The molecule has 0 aliphatic carbocycles. The summed E-state index contributed by atoms with van der Waals surface area (Å²) >= 11 is 1.18. The summed E-state index contributed by atoms with van der Waals surface area (Å²) in [5.41, 5.74) is 1.87. The molecular formula is C19H13FN6O3S. The minimum Gasteiger partial charge on any atom is -0.269 e. The normalized spacial score (nSPS) is 16.3. The predicted molar refractivity (Wildman–Crippen MR) is 110 cm³/mol. The molecule has 0 fully saturated rings. The van der Waals surface area contributed by atoms with Crippen molar-refractivity contribution in [3.05, 3.63) is 69.8 Å². The summed E-state index contributed by atoms with van der Waals surface area (Å²) in [6, 6.07) is 10.6. The monoisotopic (exact) mass is 424 g/mol. The predicted octanol–water partition coefficient (Wildman–Crippen LogP) is 4.73. The quantitative estimate of drug-likeness (QED) is 0.334. The number of thiazole rings is 1. The Kier molecular flexibility index (Phi) is 5.11. The molecule has 1 aliphatic rings. The molecule has 30 heavy (non-hydrogen) atoms. The standard InChI is InChI=1S/C19H13FN6O3S/c1-11-17(23-22-14-7-5-13(20)6-8-14)18(27)25(24-11)19-21-16(10-30-19)12-3-2-4-15(9-12)26(28)29/h2-10,17H,1H3. The third-order valence-corrected chi connectivity index (χ3v) is 5.05. The van der Waals surface area contributed by atoms with Gasteiger partial charge in [-0.05, 0) is 31.2 Å². The van der Waals surface area contributed by atoms with Gasteiger partial charge < -0.3 is 0 Å². The third-order valence-electron chi connectivity index (χ3n) is 4.24. The van der Waals surface area contributed by atoms with Gasteiger partial charge >= 0.3 is 0 Å². The molecule has 3 aromatic rings. The fourth-order valence-corrected chi connectivity index (χ4v) is 3.52. The van der Waals surface area contributed by atoms with Crippen molar-refractivity contribution >= 4 is 39.5 Å². The minimum atomic E-state index is -0.903. The van der Waals surface area contributed by atoms with Crippen molar-refractivity contribution in [3.8, 4) is 11.3 Å². The second kappa shape index (κ2) is 7.87. The lowest BCUT2D eigenvalue weighted by Crippen LogP contribution is -2.29. The van der Waals surface area contributed by atoms with Gasteiger partial charge in [0, 0.05) is 23.1 Å². The Labute approximate surface area is 173 Å². The molecule has 9 nitrogen and oxygen atoms in total. The van der Waals surface area contributed by atoms with Crippen LogP contribution in [0.5, 0.6) is 0 Å². The molecule has 0 N–H and O–H groups in total. The van der Waals surface area contributed by atoms with Gasteiger partial charge in [-0.15, -0.1) is 11.3 Å². The second-order valence-corrected chi connectivity index (χ2v) is 7.15. The van der Waals surface area contributed by atoms with Crippen LogP contribution in [0.25, 0.3) is 11.3 Å². The Morgan fingerprint density at radius 2 is 2.00 bits per heavy atom. The number of carbonyl (C=O) groups is 1. The van der Waals surface area contributed by atoms with E-state index in [4.69, 9.17) is 0 Å². The van der Waals surface area contributed by atoms with Crippen LogP contribution in [0, 0.1) is 15.9 Å². The summed E-state index contributed by atoms with van der Waals surface area (Å²) in [7, 11) is 0. The van der Waals surface area contributed by atoms with Crippen LogP contribution in [0.2, 0.25) is 0 Å². The maximum Gasteiger partial charge on any atom is 0.282 e. The molecule has 1 aliphatic heterocycles. The van der Waals surface area contributed by atoms with Crippen LogP contribution in [-0.2, 0) is 4.79 Å². The van der Waals surface area contributed by atoms with Gasteiger partial charge in [0.2, 0.25) is 5.13 Å². The summed E-state index contributed by atoms with van der Waals surface area (Å²) in [5.74, 6) is -0.809. The maximum atomic E-state index is 13.0. The number of hydrogen-bond acceptors (Lipinski definition) is 8. The van der Waals surface area contributed by atoms with Crippen molar-refractivity contribution < 1.29 is 14.1 Å². The van der Waals surface area contributed by atoms with Gasteiger partial charge in [0.05, 0.1) is 22.0 Å². The lowest BCUT2D eigenvalue weighted by molar-refractivity contribution is -0.384. The highest BCUT2D eigenvalue weighted by atomic mass is 32.1. The fraction of sp³-hybridized carbons (Fsp3) is 0.105. The van der Waals surface area contributed by atoms with E-state index in [-0.39, 0.29) is 5.69 Å². The number of anilines is 1. The fourth-order valence-electron chi connectivity index (χ4n) is 2.73. The van der Waals surface area contributed by atoms with Gasteiger partial charge in [0.15, 0.2) is 6.04 Å². The van der Waals surface area contributed by atoms with Gasteiger partial charge in [-0.2, -0.15) is 20.3 Å². The van der Waals surface area contributed by atoms with Crippen molar-refractivity contribution in [1.82, 2.24) is 4.98 Å². The Bertz CT molecular complexity index is 1190. The summed E-state index contributed by atoms with van der Waals surface area (Å²) in [6.07, 6.45) is 0. The first-order valence-electron chi connectivity index (χ1n) is 8.68. The highest BCUT2D eigenvalue weighted by molar-refractivity contribution is 7.14. The van der Waals surface area contributed by atoms with Crippen molar-refractivity contribution in [2.75, 3.05) is 5.01 Å². The first kappa shape index (κ1) is 19.5. The molecule has 1 aromatic heterocycles. The molecule has 2 aromatic carbocycles. The number of nitro benzene ring substituents is 1. The van der Waals surface area contributed by atoms with Gasteiger partial charge in [0.25, 0.3) is 11.6 Å². The number of azo groups is 1. The number of hydrogen-bond donors (Lipinski definition) is 0. The highest BCUT2D eigenvalue weighted by Gasteiger charge is 2.36. The Morgan fingerprint density at radius 1 is 1.23 bits per heavy atom. The van der Waals surface area contributed by atoms with Crippen LogP contribution >= 0.6 is 11.3 Å². The largest absolute Gasteiger partial charge is 0.282 e. The average Bonchev–Trinajstić information content (AvgIpc) is 3.33. The van der Waals surface area contributed by atoms with Crippen molar-refractivity contribution in [1.29, 1.82) is 0 Å². The number of carbonyl (C=O) groups excluding carboxylic acids is 1. The van der Waals surface area contributed by atoms with E-state index in [2.05, 4.69) is 20.3 Å². The summed E-state index contributed by atoms with van der Waals surface area (Å²) in [6.45, 7) is 1.65. The van der Waals surface area contributed by atoms with E-state index in [1.165, 1.54) is 47.7 Å². The first-order chi connectivity index (χ1) is 14.4. The number of amides is 1. The second-order valence-electron chi connectivity index (χ2n) is 6.31. The summed E-state index contributed by atoms with van der Waals surface area (Å²) in [5, 5.41) is 26.4. The molecule has 4 rings (SSSR count). The van der Waals surface area contributed by atoms with Gasteiger partial charge in [-0.3, -0.25) is 14.9 Å². The van der Waals surface area contributed by atoms with E-state index >= 15 is 0 Å². The SMILES string of the molecule is CC1=NN(c2nc(-c3cccc([N+](=O)[O-])c3)cs2)C(=O)C1N=Nc1ccc(F)cc1. The van der Waals surface area contributed by atoms with Crippen LogP contribution in [0.3, 0.4) is 0 Å². The minimum absolute atomic E-state index is 0.0468. The summed E-state index contributed by atoms with van der Waals surface area (Å²) in [4.78, 5) is 27.6. The van der Waals surface area contributed by atoms with Gasteiger partial charge in [-0.25, -0.2) is 9.37 Å². The molecule has 0 saturated carbocycles.